The first-order valence-corrected chi connectivity index (χ1v) is 9.97. The van der Waals surface area contributed by atoms with Crippen LogP contribution in [0.2, 0.25) is 0 Å². The Bertz CT molecular complexity index is 1330. The number of ketones is 1. The molecule has 0 aliphatic carbocycles. The Balaban J connectivity index is 1.94. The Hall–Kier alpha value is -3.51. The number of nitrogens with zero attached hydrogens (tertiary/aromatic N) is 1. The van der Waals surface area contributed by atoms with Crippen molar-refractivity contribution in [1.82, 2.24) is 0 Å². The molecule has 0 saturated carbocycles. The lowest BCUT2D eigenvalue weighted by Gasteiger charge is -2.05. The molecule has 0 saturated heterocycles. The fourth-order valence-corrected chi connectivity index (χ4v) is 3.83. The smallest absolute Gasteiger partial charge is 0.282 e. The molecule has 0 fully saturated rings. The number of rotatable bonds is 4. The maximum absolute atomic E-state index is 12.8. The molecule has 0 aliphatic heterocycles. The molecule has 5 nitrogen and oxygen atoms in total. The van der Waals surface area contributed by atoms with Crippen LogP contribution in [-0.4, -0.2) is 14.2 Å². The van der Waals surface area contributed by atoms with Gasteiger partial charge in [-0.3, -0.25) is 4.79 Å². The average Bonchev–Trinajstić information content (AvgIpc) is 2.74. The van der Waals surface area contributed by atoms with Crippen molar-refractivity contribution in [3.8, 4) is 0 Å². The van der Waals surface area contributed by atoms with Gasteiger partial charge in [0.25, 0.3) is 10.0 Å². The van der Waals surface area contributed by atoms with E-state index in [0.29, 0.717) is 16.5 Å². The second-order valence-electron chi connectivity index (χ2n) is 6.07. The van der Waals surface area contributed by atoms with Gasteiger partial charge in [-0.2, -0.15) is 12.8 Å². The molecule has 0 atom stereocenters. The summed E-state index contributed by atoms with van der Waals surface area (Å²) in [7, 11) is -3.94. The van der Waals surface area contributed by atoms with Crippen LogP contribution in [-0.2, 0) is 10.0 Å². The maximum Gasteiger partial charge on any atom is 0.282 e. The summed E-state index contributed by atoms with van der Waals surface area (Å²) >= 11 is 0. The zero-order valence-electron chi connectivity index (χ0n) is 14.6. The third-order valence-electron chi connectivity index (χ3n) is 4.17. The van der Waals surface area contributed by atoms with E-state index in [1.807, 2.05) is 6.07 Å². The van der Waals surface area contributed by atoms with Crippen LogP contribution in [0.4, 0.5) is 0 Å². The zero-order valence-corrected chi connectivity index (χ0v) is 15.5. The third-order valence-corrected chi connectivity index (χ3v) is 5.48. The summed E-state index contributed by atoms with van der Waals surface area (Å²) in [4.78, 5) is 12.9. The number of carbonyl (C=O) groups excluding carboxylic acids is 1. The summed E-state index contributed by atoms with van der Waals surface area (Å²) in [6.07, 6.45) is 0. The van der Waals surface area contributed by atoms with Gasteiger partial charge in [0, 0.05) is 17.0 Å². The Morgan fingerprint density at radius 3 is 2.11 bits per heavy atom. The predicted octanol–water partition coefficient (Wildman–Crippen LogP) is 3.95. The molecule has 1 aromatic heterocycles. The van der Waals surface area contributed by atoms with Crippen molar-refractivity contribution in [1.29, 1.82) is 0 Å². The molecule has 0 unspecified atom stereocenters. The Morgan fingerprint density at radius 2 is 1.39 bits per heavy atom. The van der Waals surface area contributed by atoms with E-state index in [1.165, 1.54) is 18.2 Å². The van der Waals surface area contributed by atoms with Crippen LogP contribution in [0, 0.1) is 0 Å². The van der Waals surface area contributed by atoms with E-state index < -0.39 is 10.0 Å². The van der Waals surface area contributed by atoms with Crippen molar-refractivity contribution in [2.24, 2.45) is 4.40 Å². The number of sulfonamides is 1. The minimum Gasteiger partial charge on any atom is -0.452 e. The SMILES string of the molecule is O=C(c1ccccc1)c1c/c(=N\S(=O)(=O)c2ccccc2)c2ccccc2o1. The highest BCUT2D eigenvalue weighted by Gasteiger charge is 2.16. The minimum atomic E-state index is -3.94. The van der Waals surface area contributed by atoms with Crippen molar-refractivity contribution >= 4 is 26.8 Å². The lowest BCUT2D eigenvalue weighted by atomic mass is 10.1. The predicted molar refractivity (Wildman–Crippen MR) is 105 cm³/mol. The van der Waals surface area contributed by atoms with Crippen LogP contribution in [0.25, 0.3) is 11.0 Å². The number of benzene rings is 3. The number of carbonyl (C=O) groups is 1. The van der Waals surface area contributed by atoms with E-state index in [9.17, 15) is 13.2 Å². The number of fused-ring (bicyclic) bond motifs is 1. The average molecular weight is 389 g/mol. The first kappa shape index (κ1) is 17.9. The summed E-state index contributed by atoms with van der Waals surface area (Å²) in [5, 5.41) is 0.664. The Kier molecular flexibility index (Phi) is 4.63. The van der Waals surface area contributed by atoms with Gasteiger partial charge in [-0.25, -0.2) is 0 Å². The van der Waals surface area contributed by atoms with Crippen LogP contribution in [0.15, 0.2) is 105 Å². The minimum absolute atomic E-state index is 0.0203. The lowest BCUT2D eigenvalue weighted by molar-refractivity contribution is 0.101. The maximum atomic E-state index is 12.8. The van der Waals surface area contributed by atoms with Crippen molar-refractivity contribution in [3.05, 3.63) is 108 Å². The number of hydrogen-bond donors (Lipinski definition) is 0. The van der Waals surface area contributed by atoms with E-state index in [4.69, 9.17) is 4.42 Å². The van der Waals surface area contributed by atoms with E-state index in [-0.39, 0.29) is 21.8 Å². The van der Waals surface area contributed by atoms with Gasteiger partial charge >= 0.3 is 0 Å². The molecule has 138 valence electrons. The van der Waals surface area contributed by atoms with Crippen molar-refractivity contribution in [2.45, 2.75) is 4.90 Å². The van der Waals surface area contributed by atoms with Gasteiger partial charge in [0.2, 0.25) is 5.78 Å². The zero-order chi connectivity index (χ0) is 19.6. The van der Waals surface area contributed by atoms with Crippen LogP contribution in [0.1, 0.15) is 16.1 Å². The van der Waals surface area contributed by atoms with Crippen LogP contribution >= 0.6 is 0 Å². The lowest BCUT2D eigenvalue weighted by Crippen LogP contribution is -2.12. The van der Waals surface area contributed by atoms with Crippen molar-refractivity contribution < 1.29 is 17.6 Å². The molecule has 28 heavy (non-hydrogen) atoms. The Labute approximate surface area is 161 Å². The molecular weight excluding hydrogens is 374 g/mol. The fraction of sp³-hybridized carbons (Fsp3) is 0. The van der Waals surface area contributed by atoms with E-state index in [2.05, 4.69) is 4.40 Å². The fourth-order valence-electron chi connectivity index (χ4n) is 2.81. The molecule has 0 amide bonds. The summed E-state index contributed by atoms with van der Waals surface area (Å²) in [6, 6.07) is 24.8. The summed E-state index contributed by atoms with van der Waals surface area (Å²) in [6.45, 7) is 0. The van der Waals surface area contributed by atoms with Gasteiger partial charge in [-0.05, 0) is 24.3 Å². The van der Waals surface area contributed by atoms with Gasteiger partial charge < -0.3 is 4.42 Å². The molecule has 0 aliphatic rings. The molecule has 0 bridgehead atoms. The normalized spacial score (nSPS) is 12.2. The van der Waals surface area contributed by atoms with E-state index in [1.54, 1.807) is 66.7 Å². The van der Waals surface area contributed by atoms with Crippen molar-refractivity contribution in [3.63, 3.8) is 0 Å². The summed E-state index contributed by atoms with van der Waals surface area (Å²) in [5.41, 5.74) is 0.824. The van der Waals surface area contributed by atoms with E-state index >= 15 is 0 Å². The highest BCUT2D eigenvalue weighted by Crippen LogP contribution is 2.17. The van der Waals surface area contributed by atoms with Gasteiger partial charge in [-0.1, -0.05) is 60.7 Å². The van der Waals surface area contributed by atoms with Gasteiger partial charge in [0.15, 0.2) is 5.76 Å². The number of hydrogen-bond acceptors (Lipinski definition) is 4. The van der Waals surface area contributed by atoms with Crippen molar-refractivity contribution in [2.75, 3.05) is 0 Å². The third kappa shape index (κ3) is 3.50. The second kappa shape index (κ2) is 7.25. The summed E-state index contributed by atoms with van der Waals surface area (Å²) in [5.74, 6) is -0.327. The Morgan fingerprint density at radius 1 is 0.786 bits per heavy atom. The monoisotopic (exact) mass is 389 g/mol. The molecular formula is C22H15NO4S. The van der Waals surface area contributed by atoms with Crippen LogP contribution in [0.5, 0.6) is 0 Å². The molecule has 0 radical (unpaired) electrons. The second-order valence-corrected chi connectivity index (χ2v) is 7.67. The molecule has 1 heterocycles. The molecule has 0 spiro atoms. The standard InChI is InChI=1S/C22H15NO4S/c24-22(16-9-3-1-4-10-16)21-15-19(18-13-7-8-14-20(18)27-21)23-28(25,26)17-11-5-2-6-12-17/h1-15H/b23-19+. The highest BCUT2D eigenvalue weighted by atomic mass is 32.2. The number of para-hydroxylation sites is 1. The highest BCUT2D eigenvalue weighted by molar-refractivity contribution is 7.90. The molecule has 4 rings (SSSR count). The van der Waals surface area contributed by atoms with Gasteiger partial charge in [0.05, 0.1) is 10.3 Å². The first-order valence-electron chi connectivity index (χ1n) is 8.53. The topological polar surface area (TPSA) is 76.7 Å². The largest absolute Gasteiger partial charge is 0.452 e. The van der Waals surface area contributed by atoms with Crippen LogP contribution < -0.4 is 5.36 Å². The van der Waals surface area contributed by atoms with Gasteiger partial charge in [-0.15, -0.1) is 0 Å². The molecule has 0 N–H and O–H groups in total. The van der Waals surface area contributed by atoms with E-state index in [0.717, 1.165) is 0 Å². The molecule has 3 aromatic carbocycles. The quantitative estimate of drug-likeness (QED) is 0.495. The summed E-state index contributed by atoms with van der Waals surface area (Å²) < 4.78 is 35.1. The van der Waals surface area contributed by atoms with Gasteiger partial charge in [0.1, 0.15) is 5.58 Å². The van der Waals surface area contributed by atoms with Crippen LogP contribution in [0.3, 0.4) is 0 Å². The first-order chi connectivity index (χ1) is 13.5. The molecule has 4 aromatic rings. The molecule has 6 heteroatoms.